The van der Waals surface area contributed by atoms with Crippen LogP contribution in [0.1, 0.15) is 38.4 Å². The Morgan fingerprint density at radius 1 is 1.42 bits per heavy atom. The van der Waals surface area contributed by atoms with Crippen molar-refractivity contribution in [3.05, 3.63) is 11.7 Å². The summed E-state index contributed by atoms with van der Waals surface area (Å²) in [6.45, 7) is 5.55. The van der Waals surface area contributed by atoms with E-state index in [4.69, 9.17) is 4.52 Å². The highest BCUT2D eigenvalue weighted by atomic mass is 16.5. The largest absolute Gasteiger partial charge is 0.343 e. The molecule has 1 aromatic heterocycles. The molecule has 2 heterocycles. The fourth-order valence-electron chi connectivity index (χ4n) is 2.14. The third-order valence-corrected chi connectivity index (χ3v) is 3.20. The number of aromatic nitrogens is 2. The molecular weight excluding hydrogens is 248 g/mol. The van der Waals surface area contributed by atoms with Gasteiger partial charge in [-0.1, -0.05) is 18.5 Å². The number of carbonyl (C=O) groups is 2. The molecule has 0 saturated carbocycles. The van der Waals surface area contributed by atoms with Crippen LogP contribution in [-0.2, 0) is 16.1 Å². The minimum atomic E-state index is -0.521. The number of hydrogen-bond donors (Lipinski definition) is 1. The number of piperazine rings is 1. The maximum absolute atomic E-state index is 12.3. The Hall–Kier alpha value is -1.92. The normalized spacial score (nSPS) is 23.6. The highest BCUT2D eigenvalue weighted by Gasteiger charge is 2.38. The summed E-state index contributed by atoms with van der Waals surface area (Å²) in [6, 6.07) is -0.967. The summed E-state index contributed by atoms with van der Waals surface area (Å²) in [4.78, 5) is 29.7. The standard InChI is InChI=1S/C12H18N4O3/c1-4-5-9-12(18)16(7(2)11(17)14-9)6-10-13-8(3)15-19-10/h7,9H,4-6H2,1-3H3,(H,14,17). The van der Waals surface area contributed by atoms with Gasteiger partial charge >= 0.3 is 0 Å². The lowest BCUT2D eigenvalue weighted by Gasteiger charge is -2.36. The summed E-state index contributed by atoms with van der Waals surface area (Å²) < 4.78 is 5.01. The number of nitrogens with one attached hydrogen (secondary N) is 1. The maximum Gasteiger partial charge on any atom is 0.246 e. The van der Waals surface area contributed by atoms with E-state index in [1.165, 1.54) is 4.90 Å². The molecular formula is C12H18N4O3. The SMILES string of the molecule is CCCC1NC(=O)C(C)N(Cc2nc(C)no2)C1=O. The van der Waals surface area contributed by atoms with Crippen LogP contribution in [0.5, 0.6) is 0 Å². The Morgan fingerprint density at radius 2 is 2.16 bits per heavy atom. The Morgan fingerprint density at radius 3 is 2.74 bits per heavy atom. The molecule has 1 fully saturated rings. The first-order valence-electron chi connectivity index (χ1n) is 6.43. The monoisotopic (exact) mass is 266 g/mol. The van der Waals surface area contributed by atoms with Crippen molar-refractivity contribution in [1.82, 2.24) is 20.4 Å². The molecule has 104 valence electrons. The Bertz CT molecular complexity index is 485. The van der Waals surface area contributed by atoms with Crippen LogP contribution in [0.2, 0.25) is 0 Å². The number of carbonyl (C=O) groups excluding carboxylic acids is 2. The molecule has 0 aromatic carbocycles. The predicted molar refractivity (Wildman–Crippen MR) is 65.9 cm³/mol. The van der Waals surface area contributed by atoms with Gasteiger partial charge in [0.25, 0.3) is 0 Å². The molecule has 1 aliphatic heterocycles. The third kappa shape index (κ3) is 2.74. The molecule has 7 heteroatoms. The van der Waals surface area contributed by atoms with E-state index >= 15 is 0 Å². The number of rotatable bonds is 4. The molecule has 2 atom stereocenters. The molecule has 0 aliphatic carbocycles. The fourth-order valence-corrected chi connectivity index (χ4v) is 2.14. The van der Waals surface area contributed by atoms with Crippen molar-refractivity contribution in [3.63, 3.8) is 0 Å². The molecule has 0 bridgehead atoms. The first-order chi connectivity index (χ1) is 9.02. The van der Waals surface area contributed by atoms with Gasteiger partial charge in [0.15, 0.2) is 5.82 Å². The number of amides is 2. The Labute approximate surface area is 111 Å². The summed E-state index contributed by atoms with van der Waals surface area (Å²) >= 11 is 0. The molecule has 7 nitrogen and oxygen atoms in total. The van der Waals surface area contributed by atoms with Crippen LogP contribution in [0.25, 0.3) is 0 Å². The summed E-state index contributed by atoms with van der Waals surface area (Å²) in [5.41, 5.74) is 0. The quantitative estimate of drug-likeness (QED) is 0.851. The molecule has 0 radical (unpaired) electrons. The van der Waals surface area contributed by atoms with Crippen molar-refractivity contribution >= 4 is 11.8 Å². The van der Waals surface area contributed by atoms with E-state index < -0.39 is 12.1 Å². The van der Waals surface area contributed by atoms with Gasteiger partial charge in [0, 0.05) is 0 Å². The summed E-state index contributed by atoms with van der Waals surface area (Å²) in [6.07, 6.45) is 1.47. The van der Waals surface area contributed by atoms with E-state index in [1.54, 1.807) is 13.8 Å². The zero-order chi connectivity index (χ0) is 14.0. The Balaban J connectivity index is 2.15. The van der Waals surface area contributed by atoms with Crippen LogP contribution < -0.4 is 5.32 Å². The van der Waals surface area contributed by atoms with E-state index in [0.29, 0.717) is 18.1 Å². The summed E-state index contributed by atoms with van der Waals surface area (Å²) in [7, 11) is 0. The first-order valence-corrected chi connectivity index (χ1v) is 6.43. The van der Waals surface area contributed by atoms with Gasteiger partial charge in [-0.25, -0.2) is 0 Å². The topological polar surface area (TPSA) is 88.3 Å². The molecule has 2 amide bonds. The van der Waals surface area contributed by atoms with E-state index in [9.17, 15) is 9.59 Å². The van der Waals surface area contributed by atoms with Gasteiger partial charge in [0.2, 0.25) is 17.7 Å². The smallest absolute Gasteiger partial charge is 0.246 e. The zero-order valence-corrected chi connectivity index (χ0v) is 11.3. The average molecular weight is 266 g/mol. The zero-order valence-electron chi connectivity index (χ0n) is 11.3. The van der Waals surface area contributed by atoms with Crippen LogP contribution in [-0.4, -0.2) is 38.9 Å². The maximum atomic E-state index is 12.3. The van der Waals surface area contributed by atoms with Crippen molar-refractivity contribution in [2.45, 2.75) is 52.2 Å². The van der Waals surface area contributed by atoms with Gasteiger partial charge in [-0.2, -0.15) is 4.98 Å². The summed E-state index contributed by atoms with van der Waals surface area (Å²) in [5.74, 6) is 0.628. The molecule has 0 spiro atoms. The van der Waals surface area contributed by atoms with Crippen LogP contribution >= 0.6 is 0 Å². The van der Waals surface area contributed by atoms with Gasteiger partial charge in [-0.15, -0.1) is 0 Å². The highest BCUT2D eigenvalue weighted by molar-refractivity contribution is 5.96. The van der Waals surface area contributed by atoms with Gasteiger partial charge in [0.05, 0.1) is 0 Å². The van der Waals surface area contributed by atoms with Crippen molar-refractivity contribution in [2.75, 3.05) is 0 Å². The van der Waals surface area contributed by atoms with Gasteiger partial charge in [-0.05, 0) is 20.3 Å². The van der Waals surface area contributed by atoms with Crippen molar-refractivity contribution < 1.29 is 14.1 Å². The molecule has 19 heavy (non-hydrogen) atoms. The fraction of sp³-hybridized carbons (Fsp3) is 0.667. The van der Waals surface area contributed by atoms with Crippen molar-refractivity contribution in [3.8, 4) is 0 Å². The lowest BCUT2D eigenvalue weighted by molar-refractivity contribution is -0.149. The average Bonchev–Trinajstić information content (AvgIpc) is 2.77. The number of hydrogen-bond acceptors (Lipinski definition) is 5. The van der Waals surface area contributed by atoms with Crippen molar-refractivity contribution in [2.24, 2.45) is 0 Å². The molecule has 1 aromatic rings. The van der Waals surface area contributed by atoms with Crippen LogP contribution in [0.3, 0.4) is 0 Å². The van der Waals surface area contributed by atoms with Crippen LogP contribution in [0.4, 0.5) is 0 Å². The predicted octanol–water partition coefficient (Wildman–Crippen LogP) is 0.394. The van der Waals surface area contributed by atoms with E-state index in [1.807, 2.05) is 6.92 Å². The van der Waals surface area contributed by atoms with Crippen LogP contribution in [0.15, 0.2) is 4.52 Å². The second-order valence-electron chi connectivity index (χ2n) is 4.73. The Kier molecular flexibility index (Phi) is 3.82. The highest BCUT2D eigenvalue weighted by Crippen LogP contribution is 2.16. The van der Waals surface area contributed by atoms with Gasteiger partial charge < -0.3 is 14.7 Å². The number of nitrogens with zero attached hydrogens (tertiary/aromatic N) is 3. The molecule has 1 aliphatic rings. The molecule has 2 rings (SSSR count). The third-order valence-electron chi connectivity index (χ3n) is 3.20. The van der Waals surface area contributed by atoms with E-state index in [0.717, 1.165) is 6.42 Å². The van der Waals surface area contributed by atoms with Gasteiger partial charge in [-0.3, -0.25) is 9.59 Å². The van der Waals surface area contributed by atoms with Crippen LogP contribution in [0, 0.1) is 6.92 Å². The van der Waals surface area contributed by atoms with E-state index in [-0.39, 0.29) is 18.4 Å². The first kappa shape index (κ1) is 13.5. The minimum absolute atomic E-state index is 0.0928. The second-order valence-corrected chi connectivity index (χ2v) is 4.73. The lowest BCUT2D eigenvalue weighted by atomic mass is 10.0. The molecule has 1 saturated heterocycles. The summed E-state index contributed by atoms with van der Waals surface area (Å²) in [5, 5.41) is 6.42. The van der Waals surface area contributed by atoms with Crippen molar-refractivity contribution in [1.29, 1.82) is 0 Å². The van der Waals surface area contributed by atoms with E-state index in [2.05, 4.69) is 15.5 Å². The minimum Gasteiger partial charge on any atom is -0.343 e. The lowest BCUT2D eigenvalue weighted by Crippen LogP contribution is -2.61. The molecule has 2 unspecified atom stereocenters. The molecule has 1 N–H and O–H groups in total. The van der Waals surface area contributed by atoms with Gasteiger partial charge in [0.1, 0.15) is 18.6 Å². The number of aryl methyl sites for hydroxylation is 1. The second kappa shape index (κ2) is 5.38.